The first-order valence-corrected chi connectivity index (χ1v) is 9.93. The Morgan fingerprint density at radius 3 is 2.43 bits per heavy atom. The van der Waals surface area contributed by atoms with Gasteiger partial charge in [0.1, 0.15) is 0 Å². The van der Waals surface area contributed by atoms with E-state index in [1.165, 1.54) is 19.3 Å². The van der Waals surface area contributed by atoms with E-state index < -0.39 is 5.97 Å². The molecule has 2 rings (SSSR count). The Labute approximate surface area is 144 Å². The lowest BCUT2D eigenvalue weighted by atomic mass is 9.65. The quantitative estimate of drug-likeness (QED) is 0.734. The van der Waals surface area contributed by atoms with Gasteiger partial charge in [-0.1, -0.05) is 26.7 Å². The zero-order valence-electron chi connectivity index (χ0n) is 15.3. The van der Waals surface area contributed by atoms with Crippen molar-refractivity contribution in [2.75, 3.05) is 0 Å². The summed E-state index contributed by atoms with van der Waals surface area (Å²) in [5.74, 6) is 1.01. The molecule has 0 saturated heterocycles. The van der Waals surface area contributed by atoms with Crippen molar-refractivity contribution in [2.24, 2.45) is 23.7 Å². The van der Waals surface area contributed by atoms with Crippen LogP contribution in [0.25, 0.3) is 0 Å². The molecule has 5 unspecified atom stereocenters. The molecule has 2 aliphatic carbocycles. The second-order valence-electron chi connectivity index (χ2n) is 8.68. The van der Waals surface area contributed by atoms with E-state index in [0.717, 1.165) is 25.7 Å². The van der Waals surface area contributed by atoms with Gasteiger partial charge in [0.15, 0.2) is 0 Å². The first kappa shape index (κ1) is 19.2. The van der Waals surface area contributed by atoms with Gasteiger partial charge in [0.25, 0.3) is 0 Å². The van der Waals surface area contributed by atoms with Crippen LogP contribution in [0.5, 0.6) is 0 Å². The predicted molar refractivity (Wildman–Crippen MR) is 97.7 cm³/mol. The molecule has 2 aliphatic rings. The van der Waals surface area contributed by atoms with Crippen LogP contribution in [0.3, 0.4) is 0 Å². The lowest BCUT2D eigenvalue weighted by Crippen LogP contribution is -2.43. The van der Waals surface area contributed by atoms with Gasteiger partial charge >= 0.3 is 5.97 Å². The van der Waals surface area contributed by atoms with Gasteiger partial charge in [0, 0.05) is 0 Å². The van der Waals surface area contributed by atoms with E-state index in [-0.39, 0.29) is 17.2 Å². The van der Waals surface area contributed by atoms with Gasteiger partial charge in [0.05, 0.1) is 18.1 Å². The van der Waals surface area contributed by atoms with Crippen LogP contribution in [0.2, 0.25) is 0 Å². The molecule has 6 atom stereocenters. The molecular weight excluding hydrogens is 307 g/mol. The van der Waals surface area contributed by atoms with Crippen LogP contribution in [0, 0.1) is 23.7 Å². The second-order valence-corrected chi connectivity index (χ2v) is 10.2. The van der Waals surface area contributed by atoms with Crippen molar-refractivity contribution < 1.29 is 14.6 Å². The van der Waals surface area contributed by atoms with Gasteiger partial charge in [-0.2, -0.15) is 0 Å². The second kappa shape index (κ2) is 7.83. The van der Waals surface area contributed by atoms with Crippen molar-refractivity contribution in [2.45, 2.75) is 90.0 Å². The van der Waals surface area contributed by atoms with Gasteiger partial charge < -0.3 is 9.84 Å². The van der Waals surface area contributed by atoms with E-state index in [1.54, 1.807) is 0 Å². The molecule has 134 valence electrons. The van der Waals surface area contributed by atoms with Crippen molar-refractivity contribution in [1.82, 2.24) is 0 Å². The number of aliphatic carboxylic acids is 1. The molecule has 2 fully saturated rings. The molecule has 0 heterocycles. The topological polar surface area (TPSA) is 46.5 Å². The van der Waals surface area contributed by atoms with Crippen LogP contribution in [-0.4, -0.2) is 28.4 Å². The molecule has 0 bridgehead atoms. The summed E-state index contributed by atoms with van der Waals surface area (Å²) in [6, 6.07) is 0. The third-order valence-electron chi connectivity index (χ3n) is 6.01. The van der Waals surface area contributed by atoms with Crippen LogP contribution in [0.1, 0.15) is 72.6 Å². The fourth-order valence-electron chi connectivity index (χ4n) is 4.71. The monoisotopic (exact) mass is 342 g/mol. The van der Waals surface area contributed by atoms with Gasteiger partial charge in [-0.3, -0.25) is 4.79 Å². The number of ether oxygens (including phenoxy) is 1. The Hall–Kier alpha value is -0.140. The summed E-state index contributed by atoms with van der Waals surface area (Å²) in [5, 5.41) is 9.63. The highest BCUT2D eigenvalue weighted by molar-refractivity contribution is 7.18. The normalized spacial score (nSPS) is 36.2. The minimum absolute atomic E-state index is 0.135. The molecule has 3 nitrogen and oxygen atoms in total. The Morgan fingerprint density at radius 1 is 1.17 bits per heavy atom. The minimum atomic E-state index is -0.601. The van der Waals surface area contributed by atoms with Crippen LogP contribution in [-0.2, 0) is 9.53 Å². The Kier molecular flexibility index (Phi) is 6.53. The van der Waals surface area contributed by atoms with E-state index in [9.17, 15) is 9.90 Å². The molecule has 23 heavy (non-hydrogen) atoms. The minimum Gasteiger partial charge on any atom is -0.481 e. The van der Waals surface area contributed by atoms with Crippen molar-refractivity contribution in [3.05, 3.63) is 0 Å². The Balaban J connectivity index is 2.08. The van der Waals surface area contributed by atoms with Crippen LogP contribution < -0.4 is 0 Å². The van der Waals surface area contributed by atoms with E-state index in [1.807, 2.05) is 0 Å². The number of rotatable bonds is 5. The SMILES string of the molecule is CC(C)OC1CC(C(C)(C)P)CCC1[C@H]1CCCC(C(=O)O)C1. The van der Waals surface area contributed by atoms with E-state index in [4.69, 9.17) is 4.74 Å². The highest BCUT2D eigenvalue weighted by atomic mass is 31.0. The Morgan fingerprint density at radius 2 is 1.87 bits per heavy atom. The summed E-state index contributed by atoms with van der Waals surface area (Å²) in [6.45, 7) is 8.84. The van der Waals surface area contributed by atoms with Gasteiger partial charge in [-0.05, 0) is 68.9 Å². The molecule has 0 aromatic heterocycles. The lowest BCUT2D eigenvalue weighted by Gasteiger charge is -2.46. The maximum atomic E-state index is 11.4. The molecule has 0 aromatic rings. The average Bonchev–Trinajstić information content (AvgIpc) is 2.45. The van der Waals surface area contributed by atoms with Crippen LogP contribution in [0.15, 0.2) is 0 Å². The third-order valence-corrected chi connectivity index (χ3v) is 6.48. The fourth-order valence-corrected chi connectivity index (χ4v) is 5.02. The first-order chi connectivity index (χ1) is 10.7. The number of carboxylic acids is 1. The van der Waals surface area contributed by atoms with E-state index >= 15 is 0 Å². The van der Waals surface area contributed by atoms with E-state index in [2.05, 4.69) is 36.9 Å². The number of hydrogen-bond donors (Lipinski definition) is 1. The zero-order valence-corrected chi connectivity index (χ0v) is 16.4. The molecule has 4 heteroatoms. The summed E-state index contributed by atoms with van der Waals surface area (Å²) in [7, 11) is 3.01. The van der Waals surface area contributed by atoms with Crippen molar-refractivity contribution in [1.29, 1.82) is 0 Å². The van der Waals surface area contributed by atoms with Gasteiger partial charge in [0.2, 0.25) is 0 Å². The maximum Gasteiger partial charge on any atom is 0.306 e. The molecule has 0 radical (unpaired) electrons. The molecule has 0 aliphatic heterocycles. The molecule has 0 spiro atoms. The largest absolute Gasteiger partial charge is 0.481 e. The van der Waals surface area contributed by atoms with Crippen molar-refractivity contribution in [3.8, 4) is 0 Å². The summed E-state index contributed by atoms with van der Waals surface area (Å²) < 4.78 is 6.32. The van der Waals surface area contributed by atoms with Crippen molar-refractivity contribution >= 4 is 15.2 Å². The predicted octanol–water partition coefficient (Wildman–Crippen LogP) is 4.74. The molecule has 2 saturated carbocycles. The molecule has 1 N–H and O–H groups in total. The standard InChI is InChI=1S/C19H35O3P/c1-12(2)22-17-11-15(19(3,4)23)8-9-16(17)13-6-5-7-14(10-13)18(20)21/h12-17H,5-11,23H2,1-4H3,(H,20,21)/t13-,14?,15?,16?,17?/m0/s1. The summed E-state index contributed by atoms with van der Waals surface area (Å²) in [6.07, 6.45) is 8.05. The third kappa shape index (κ3) is 5.16. The van der Waals surface area contributed by atoms with E-state index in [0.29, 0.717) is 23.9 Å². The molecule has 0 amide bonds. The summed E-state index contributed by atoms with van der Waals surface area (Å²) in [5.41, 5.74) is 0. The fraction of sp³-hybridized carbons (Fsp3) is 0.947. The maximum absolute atomic E-state index is 11.4. The molecule has 0 aromatic carbocycles. The highest BCUT2D eigenvalue weighted by Gasteiger charge is 2.42. The summed E-state index contributed by atoms with van der Waals surface area (Å²) in [4.78, 5) is 11.4. The van der Waals surface area contributed by atoms with Gasteiger partial charge in [-0.15, -0.1) is 9.24 Å². The number of carboxylic acid groups (broad SMARTS) is 1. The average molecular weight is 342 g/mol. The molecular formula is C19H35O3P. The zero-order chi connectivity index (χ0) is 17.2. The summed E-state index contributed by atoms with van der Waals surface area (Å²) >= 11 is 0. The first-order valence-electron chi connectivity index (χ1n) is 9.35. The van der Waals surface area contributed by atoms with Crippen molar-refractivity contribution in [3.63, 3.8) is 0 Å². The van der Waals surface area contributed by atoms with Gasteiger partial charge in [-0.25, -0.2) is 0 Å². The lowest BCUT2D eigenvalue weighted by molar-refractivity contribution is -0.144. The number of carbonyl (C=O) groups is 1. The smallest absolute Gasteiger partial charge is 0.306 e. The van der Waals surface area contributed by atoms with Crippen LogP contribution in [0.4, 0.5) is 0 Å². The van der Waals surface area contributed by atoms with Crippen LogP contribution >= 0.6 is 9.24 Å². The number of hydrogen-bond acceptors (Lipinski definition) is 2. The Bertz CT molecular complexity index is 402. The highest BCUT2D eigenvalue weighted by Crippen LogP contribution is 2.47.